The molecule has 1 aromatic heterocycles. The Labute approximate surface area is 127 Å². The third-order valence-corrected chi connectivity index (χ3v) is 5.21. The standard InChI is InChI=1S/C15H16N4OS/c1-20-12-8-4-2-6-10(12)14-16-17-15-19(14)18-11-7-3-5-9-13(11)21-15/h2,4,6,8,13H,3,5,7,9H2,1H3/t13-/m0/s1. The normalized spacial score (nSPS) is 20.4. The summed E-state index contributed by atoms with van der Waals surface area (Å²) in [6.45, 7) is 0. The van der Waals surface area contributed by atoms with Gasteiger partial charge in [0.1, 0.15) is 5.75 Å². The van der Waals surface area contributed by atoms with Gasteiger partial charge in [0.25, 0.3) is 0 Å². The minimum Gasteiger partial charge on any atom is -0.496 e. The monoisotopic (exact) mass is 300 g/mol. The number of nitrogens with zero attached hydrogens (tertiary/aromatic N) is 4. The molecule has 0 saturated heterocycles. The van der Waals surface area contributed by atoms with Crippen molar-refractivity contribution in [2.75, 3.05) is 7.11 Å². The van der Waals surface area contributed by atoms with Crippen LogP contribution in [0.15, 0.2) is 34.5 Å². The van der Waals surface area contributed by atoms with E-state index in [1.165, 1.54) is 25.0 Å². The summed E-state index contributed by atoms with van der Waals surface area (Å²) in [5.74, 6) is 1.55. The van der Waals surface area contributed by atoms with Crippen molar-refractivity contribution in [3.8, 4) is 17.1 Å². The van der Waals surface area contributed by atoms with Gasteiger partial charge in [-0.05, 0) is 31.4 Å². The minimum atomic E-state index is 0.487. The first-order valence-electron chi connectivity index (χ1n) is 7.20. The lowest BCUT2D eigenvalue weighted by Gasteiger charge is -2.26. The molecule has 108 valence electrons. The van der Waals surface area contributed by atoms with Gasteiger partial charge in [-0.25, -0.2) is 0 Å². The second-order valence-electron chi connectivity index (χ2n) is 5.26. The van der Waals surface area contributed by atoms with Crippen LogP contribution in [0.25, 0.3) is 11.4 Å². The predicted molar refractivity (Wildman–Crippen MR) is 83.0 cm³/mol. The van der Waals surface area contributed by atoms with Crippen molar-refractivity contribution in [2.45, 2.75) is 36.1 Å². The highest BCUT2D eigenvalue weighted by molar-refractivity contribution is 8.00. The highest BCUT2D eigenvalue weighted by atomic mass is 32.2. The van der Waals surface area contributed by atoms with E-state index in [2.05, 4.69) is 10.2 Å². The van der Waals surface area contributed by atoms with Gasteiger partial charge in [-0.1, -0.05) is 30.3 Å². The van der Waals surface area contributed by atoms with Crippen LogP contribution in [0.4, 0.5) is 0 Å². The molecular formula is C15H16N4OS. The van der Waals surface area contributed by atoms with E-state index < -0.39 is 0 Å². The number of methoxy groups -OCH3 is 1. The number of benzene rings is 1. The van der Waals surface area contributed by atoms with Crippen molar-refractivity contribution in [1.82, 2.24) is 14.9 Å². The Hall–Kier alpha value is -1.82. The maximum atomic E-state index is 5.43. The number of ether oxygens (including phenoxy) is 1. The maximum Gasteiger partial charge on any atom is 0.213 e. The quantitative estimate of drug-likeness (QED) is 0.854. The van der Waals surface area contributed by atoms with E-state index in [0.717, 1.165) is 28.7 Å². The molecule has 1 fully saturated rings. The average molecular weight is 300 g/mol. The summed E-state index contributed by atoms with van der Waals surface area (Å²) < 4.78 is 7.31. The molecule has 21 heavy (non-hydrogen) atoms. The molecule has 1 atom stereocenters. The van der Waals surface area contributed by atoms with E-state index in [1.807, 2.05) is 28.9 Å². The SMILES string of the molecule is COc1ccccc1-c1nnc2n1N=C1CCCC[C@@H]1S2. The van der Waals surface area contributed by atoms with Crippen LogP contribution >= 0.6 is 11.8 Å². The highest BCUT2D eigenvalue weighted by Crippen LogP contribution is 2.38. The molecule has 5 nitrogen and oxygen atoms in total. The van der Waals surface area contributed by atoms with Crippen molar-refractivity contribution in [3.05, 3.63) is 24.3 Å². The van der Waals surface area contributed by atoms with E-state index in [0.29, 0.717) is 5.25 Å². The predicted octanol–water partition coefficient (Wildman–Crippen LogP) is 3.21. The number of rotatable bonds is 2. The first-order chi connectivity index (χ1) is 10.4. The van der Waals surface area contributed by atoms with Crippen LogP contribution in [0.1, 0.15) is 25.7 Å². The van der Waals surface area contributed by atoms with E-state index in [1.54, 1.807) is 18.9 Å². The third-order valence-electron chi connectivity index (χ3n) is 3.96. The largest absolute Gasteiger partial charge is 0.496 e. The van der Waals surface area contributed by atoms with Gasteiger partial charge in [-0.2, -0.15) is 9.78 Å². The summed E-state index contributed by atoms with van der Waals surface area (Å²) >= 11 is 1.79. The van der Waals surface area contributed by atoms with Gasteiger partial charge >= 0.3 is 0 Å². The molecular weight excluding hydrogens is 284 g/mol. The fourth-order valence-electron chi connectivity index (χ4n) is 2.89. The molecule has 0 unspecified atom stereocenters. The Balaban J connectivity index is 1.82. The van der Waals surface area contributed by atoms with Gasteiger partial charge in [0, 0.05) is 0 Å². The van der Waals surface area contributed by atoms with E-state index in [-0.39, 0.29) is 0 Å². The molecule has 1 saturated carbocycles. The highest BCUT2D eigenvalue weighted by Gasteiger charge is 2.30. The van der Waals surface area contributed by atoms with Crippen LogP contribution in [0.2, 0.25) is 0 Å². The molecule has 0 radical (unpaired) electrons. The number of hydrogen-bond donors (Lipinski definition) is 0. The lowest BCUT2D eigenvalue weighted by atomic mass is 9.98. The zero-order valence-electron chi connectivity index (χ0n) is 11.8. The Morgan fingerprint density at radius 2 is 2.14 bits per heavy atom. The number of para-hydroxylation sites is 1. The van der Waals surface area contributed by atoms with Crippen LogP contribution in [0, 0.1) is 0 Å². The number of hydrogen-bond acceptors (Lipinski definition) is 5. The number of aromatic nitrogens is 3. The van der Waals surface area contributed by atoms with Crippen LogP contribution in [-0.2, 0) is 0 Å². The zero-order chi connectivity index (χ0) is 14.2. The van der Waals surface area contributed by atoms with Gasteiger partial charge < -0.3 is 4.74 Å². The molecule has 4 rings (SSSR count). The second-order valence-corrected chi connectivity index (χ2v) is 6.43. The Bertz CT molecular complexity index is 709. The van der Waals surface area contributed by atoms with Crippen LogP contribution in [-0.4, -0.2) is 32.9 Å². The van der Waals surface area contributed by atoms with Gasteiger partial charge in [-0.15, -0.1) is 10.2 Å². The zero-order valence-corrected chi connectivity index (χ0v) is 12.6. The summed E-state index contributed by atoms with van der Waals surface area (Å²) in [5.41, 5.74) is 2.20. The molecule has 1 aliphatic carbocycles. The molecule has 0 bridgehead atoms. The molecule has 1 aliphatic heterocycles. The van der Waals surface area contributed by atoms with Gasteiger partial charge in [-0.3, -0.25) is 0 Å². The fraction of sp³-hybridized carbons (Fsp3) is 0.400. The average Bonchev–Trinajstić information content (AvgIpc) is 2.95. The Morgan fingerprint density at radius 3 is 3.05 bits per heavy atom. The topological polar surface area (TPSA) is 52.3 Å². The molecule has 0 amide bonds. The van der Waals surface area contributed by atoms with Gasteiger partial charge in [0.2, 0.25) is 5.16 Å². The summed E-state index contributed by atoms with van der Waals surface area (Å²) in [4.78, 5) is 0. The Morgan fingerprint density at radius 1 is 1.24 bits per heavy atom. The van der Waals surface area contributed by atoms with Crippen molar-refractivity contribution >= 4 is 17.5 Å². The van der Waals surface area contributed by atoms with Crippen molar-refractivity contribution in [1.29, 1.82) is 0 Å². The summed E-state index contributed by atoms with van der Waals surface area (Å²) in [6.07, 6.45) is 4.79. The molecule has 2 aliphatic rings. The maximum absolute atomic E-state index is 5.43. The molecule has 1 aromatic carbocycles. The summed E-state index contributed by atoms with van der Waals surface area (Å²) in [7, 11) is 1.67. The summed E-state index contributed by atoms with van der Waals surface area (Å²) in [5, 5.41) is 14.8. The number of thioether (sulfide) groups is 1. The molecule has 2 aromatic rings. The smallest absolute Gasteiger partial charge is 0.213 e. The van der Waals surface area contributed by atoms with Crippen molar-refractivity contribution < 1.29 is 4.74 Å². The van der Waals surface area contributed by atoms with Gasteiger partial charge in [0.15, 0.2) is 5.82 Å². The fourth-order valence-corrected chi connectivity index (χ4v) is 4.04. The lowest BCUT2D eigenvalue weighted by molar-refractivity contribution is 0.416. The Kier molecular flexibility index (Phi) is 3.18. The minimum absolute atomic E-state index is 0.487. The molecule has 2 heterocycles. The summed E-state index contributed by atoms with van der Waals surface area (Å²) in [6, 6.07) is 7.86. The van der Waals surface area contributed by atoms with E-state index in [4.69, 9.17) is 9.84 Å². The van der Waals surface area contributed by atoms with Crippen molar-refractivity contribution in [2.24, 2.45) is 5.10 Å². The number of fused-ring (bicyclic) bond motifs is 2. The van der Waals surface area contributed by atoms with Crippen LogP contribution in [0.5, 0.6) is 5.75 Å². The second kappa shape index (κ2) is 5.18. The van der Waals surface area contributed by atoms with Gasteiger partial charge in [0.05, 0.1) is 23.6 Å². The van der Waals surface area contributed by atoms with E-state index in [9.17, 15) is 0 Å². The third kappa shape index (κ3) is 2.14. The molecule has 0 N–H and O–H groups in total. The van der Waals surface area contributed by atoms with E-state index >= 15 is 0 Å². The molecule has 0 spiro atoms. The first kappa shape index (κ1) is 12.9. The van der Waals surface area contributed by atoms with Crippen molar-refractivity contribution in [3.63, 3.8) is 0 Å². The van der Waals surface area contributed by atoms with Crippen LogP contribution in [0.3, 0.4) is 0 Å². The molecule has 6 heteroatoms. The first-order valence-corrected chi connectivity index (χ1v) is 8.08. The lowest BCUT2D eigenvalue weighted by Crippen LogP contribution is -2.26. The van der Waals surface area contributed by atoms with Crippen LogP contribution < -0.4 is 4.74 Å².